The smallest absolute Gasteiger partial charge is 0.265 e. The summed E-state index contributed by atoms with van der Waals surface area (Å²) in [6.07, 6.45) is -1.60. The zero-order valence-electron chi connectivity index (χ0n) is 22.3. The summed E-state index contributed by atoms with van der Waals surface area (Å²) in [5, 5.41) is 27.7. The molecule has 0 bridgehead atoms. The zero-order chi connectivity index (χ0) is 28.6. The Morgan fingerprint density at radius 1 is 0.950 bits per heavy atom. The van der Waals surface area contributed by atoms with Gasteiger partial charge in [0.2, 0.25) is 12.1 Å². The minimum Gasteiger partial charge on any atom is -0.390 e. The molecule has 1 aromatic heterocycles. The van der Waals surface area contributed by atoms with Crippen molar-refractivity contribution in [1.29, 1.82) is 0 Å². The Kier molecular flexibility index (Phi) is 9.52. The van der Waals surface area contributed by atoms with Crippen LogP contribution in [-0.4, -0.2) is 50.6 Å². The van der Waals surface area contributed by atoms with Crippen molar-refractivity contribution >= 4 is 22.8 Å². The number of nitrogens with zero attached hydrogens (tertiary/aromatic N) is 3. The van der Waals surface area contributed by atoms with E-state index in [1.54, 1.807) is 24.3 Å². The number of aryl methyl sites for hydroxylation is 1. The van der Waals surface area contributed by atoms with E-state index in [2.05, 4.69) is 39.3 Å². The second kappa shape index (κ2) is 13.2. The molecule has 0 spiro atoms. The summed E-state index contributed by atoms with van der Waals surface area (Å²) < 4.78 is 29.1. The number of rotatable bonds is 12. The fourth-order valence-corrected chi connectivity index (χ4v) is 4.50. The highest BCUT2D eigenvalue weighted by Crippen LogP contribution is 2.16. The van der Waals surface area contributed by atoms with E-state index in [-0.39, 0.29) is 18.5 Å². The predicted molar refractivity (Wildman–Crippen MR) is 146 cm³/mol. The SMILES string of the molecule is CCc1cccc(CNC[C@H](O)[C@H](Cc2cc(F)cc(F)c2)NC(=O)C(NC(C)=O)n2nnc3ccccc32)c1. The Morgan fingerprint density at radius 3 is 2.40 bits per heavy atom. The van der Waals surface area contributed by atoms with E-state index in [1.165, 1.54) is 17.2 Å². The third-order valence-electron chi connectivity index (χ3n) is 6.46. The van der Waals surface area contributed by atoms with E-state index in [0.717, 1.165) is 30.2 Å². The highest BCUT2D eigenvalue weighted by molar-refractivity contribution is 5.87. The number of para-hydroxylation sites is 1. The number of carbonyl (C=O) groups excluding carboxylic acids is 2. The molecule has 210 valence electrons. The molecule has 1 unspecified atom stereocenters. The summed E-state index contributed by atoms with van der Waals surface area (Å²) in [7, 11) is 0. The maximum atomic E-state index is 13.9. The zero-order valence-corrected chi connectivity index (χ0v) is 22.3. The van der Waals surface area contributed by atoms with E-state index in [4.69, 9.17) is 0 Å². The lowest BCUT2D eigenvalue weighted by Gasteiger charge is -2.27. The van der Waals surface area contributed by atoms with Crippen molar-refractivity contribution in [2.45, 2.75) is 51.5 Å². The first kappa shape index (κ1) is 28.8. The average molecular weight is 551 g/mol. The van der Waals surface area contributed by atoms with Gasteiger partial charge >= 0.3 is 0 Å². The molecule has 0 saturated carbocycles. The number of benzene rings is 3. The highest BCUT2D eigenvalue weighted by atomic mass is 19.1. The van der Waals surface area contributed by atoms with Gasteiger partial charge in [-0.05, 0) is 53.8 Å². The fourth-order valence-electron chi connectivity index (χ4n) is 4.50. The molecule has 0 aliphatic rings. The molecule has 40 heavy (non-hydrogen) atoms. The third-order valence-corrected chi connectivity index (χ3v) is 6.46. The standard InChI is InChI=1S/C29H32F2N6O3/c1-3-19-7-6-8-20(11-19)16-32-17-27(39)25(14-21-12-22(30)15-23(31)13-21)34-29(40)28(33-18(2)38)37-26-10-5-4-9-24(26)35-36-37/h4-13,15,25,27-28,32,39H,3,14,16-17H2,1-2H3,(H,33,38)(H,34,40)/t25-,27-,28?/m0/s1. The van der Waals surface area contributed by atoms with Crippen LogP contribution < -0.4 is 16.0 Å². The van der Waals surface area contributed by atoms with Crippen molar-refractivity contribution < 1.29 is 23.5 Å². The summed E-state index contributed by atoms with van der Waals surface area (Å²) >= 11 is 0. The first-order chi connectivity index (χ1) is 19.2. The second-order valence-electron chi connectivity index (χ2n) is 9.59. The molecule has 0 radical (unpaired) electrons. The summed E-state index contributed by atoms with van der Waals surface area (Å²) in [6.45, 7) is 3.88. The largest absolute Gasteiger partial charge is 0.390 e. The fraction of sp³-hybridized carbons (Fsp3) is 0.310. The molecule has 1 heterocycles. The number of carbonyl (C=O) groups is 2. The van der Waals surface area contributed by atoms with Gasteiger partial charge in [-0.3, -0.25) is 9.59 Å². The minimum absolute atomic E-state index is 0.0700. The van der Waals surface area contributed by atoms with E-state index in [9.17, 15) is 23.5 Å². The van der Waals surface area contributed by atoms with Crippen LogP contribution in [0.4, 0.5) is 8.78 Å². The van der Waals surface area contributed by atoms with Crippen LogP contribution in [0.3, 0.4) is 0 Å². The van der Waals surface area contributed by atoms with Crippen LogP contribution in [0.2, 0.25) is 0 Å². The average Bonchev–Trinajstić information content (AvgIpc) is 3.34. The number of aliphatic hydroxyl groups is 1. The Bertz CT molecular complexity index is 1460. The Balaban J connectivity index is 1.55. The maximum Gasteiger partial charge on any atom is 0.265 e. The molecule has 0 aliphatic carbocycles. The van der Waals surface area contributed by atoms with Gasteiger partial charge in [0, 0.05) is 26.1 Å². The number of amides is 2. The van der Waals surface area contributed by atoms with Gasteiger partial charge < -0.3 is 21.1 Å². The molecule has 0 aliphatic heterocycles. The Morgan fingerprint density at radius 2 is 1.68 bits per heavy atom. The van der Waals surface area contributed by atoms with Crippen LogP contribution in [-0.2, 0) is 29.0 Å². The molecule has 0 fully saturated rings. The molecular formula is C29H32F2N6O3. The number of fused-ring (bicyclic) bond motifs is 1. The maximum absolute atomic E-state index is 13.9. The number of aromatic nitrogens is 3. The molecule has 9 nitrogen and oxygen atoms in total. The monoisotopic (exact) mass is 550 g/mol. The summed E-state index contributed by atoms with van der Waals surface area (Å²) in [5.74, 6) is -2.70. The second-order valence-corrected chi connectivity index (χ2v) is 9.59. The lowest BCUT2D eigenvalue weighted by atomic mass is 10.00. The van der Waals surface area contributed by atoms with Crippen molar-refractivity contribution in [2.75, 3.05) is 6.54 Å². The molecule has 0 saturated heterocycles. The van der Waals surface area contributed by atoms with Crippen LogP contribution in [0.1, 0.15) is 36.7 Å². The Hall–Kier alpha value is -4.22. The molecule has 4 aromatic rings. The van der Waals surface area contributed by atoms with Gasteiger partial charge in [0.05, 0.1) is 17.7 Å². The van der Waals surface area contributed by atoms with Gasteiger partial charge in [-0.1, -0.05) is 48.5 Å². The first-order valence-corrected chi connectivity index (χ1v) is 13.0. The lowest BCUT2D eigenvalue weighted by Crippen LogP contribution is -2.53. The van der Waals surface area contributed by atoms with Crippen molar-refractivity contribution in [3.05, 3.63) is 95.1 Å². The first-order valence-electron chi connectivity index (χ1n) is 13.0. The molecular weight excluding hydrogens is 518 g/mol. The third kappa shape index (κ3) is 7.45. The molecule has 4 N–H and O–H groups in total. The van der Waals surface area contributed by atoms with Crippen molar-refractivity contribution in [2.24, 2.45) is 0 Å². The van der Waals surface area contributed by atoms with E-state index >= 15 is 0 Å². The number of aliphatic hydroxyl groups excluding tert-OH is 1. The number of halogens is 2. The summed E-state index contributed by atoms with van der Waals surface area (Å²) in [4.78, 5) is 25.5. The van der Waals surface area contributed by atoms with E-state index < -0.39 is 41.8 Å². The van der Waals surface area contributed by atoms with Crippen LogP contribution in [0, 0.1) is 11.6 Å². The van der Waals surface area contributed by atoms with Gasteiger partial charge in [0.15, 0.2) is 0 Å². The predicted octanol–water partition coefficient (Wildman–Crippen LogP) is 2.78. The van der Waals surface area contributed by atoms with Crippen molar-refractivity contribution in [3.8, 4) is 0 Å². The van der Waals surface area contributed by atoms with Gasteiger partial charge in [0.25, 0.3) is 5.91 Å². The highest BCUT2D eigenvalue weighted by Gasteiger charge is 2.29. The van der Waals surface area contributed by atoms with Gasteiger partial charge in [0.1, 0.15) is 17.2 Å². The van der Waals surface area contributed by atoms with Gasteiger partial charge in [-0.25, -0.2) is 13.5 Å². The number of hydrogen-bond donors (Lipinski definition) is 4. The quantitative estimate of drug-likeness (QED) is 0.215. The molecule has 4 rings (SSSR count). The molecule has 11 heteroatoms. The molecule has 2 amide bonds. The van der Waals surface area contributed by atoms with Crippen LogP contribution in [0.5, 0.6) is 0 Å². The Labute approximate surface area is 230 Å². The van der Waals surface area contributed by atoms with Crippen molar-refractivity contribution in [3.63, 3.8) is 0 Å². The summed E-state index contributed by atoms with van der Waals surface area (Å²) in [6, 6.07) is 17.0. The normalized spacial score (nSPS) is 13.5. The summed E-state index contributed by atoms with van der Waals surface area (Å²) in [5.41, 5.74) is 3.50. The number of hydrogen-bond acceptors (Lipinski definition) is 6. The lowest BCUT2D eigenvalue weighted by molar-refractivity contribution is -0.131. The van der Waals surface area contributed by atoms with Crippen molar-refractivity contribution in [1.82, 2.24) is 30.9 Å². The van der Waals surface area contributed by atoms with Crippen LogP contribution in [0.25, 0.3) is 11.0 Å². The molecule has 3 aromatic carbocycles. The number of nitrogens with one attached hydrogen (secondary N) is 3. The van der Waals surface area contributed by atoms with Crippen LogP contribution in [0.15, 0.2) is 66.7 Å². The van der Waals surface area contributed by atoms with Crippen LogP contribution >= 0.6 is 0 Å². The van der Waals surface area contributed by atoms with E-state index in [0.29, 0.717) is 17.6 Å². The van der Waals surface area contributed by atoms with E-state index in [1.807, 2.05) is 18.2 Å². The minimum atomic E-state index is -1.28. The topological polar surface area (TPSA) is 121 Å². The van der Waals surface area contributed by atoms with Gasteiger partial charge in [-0.15, -0.1) is 5.10 Å². The molecule has 3 atom stereocenters. The van der Waals surface area contributed by atoms with Gasteiger partial charge in [-0.2, -0.15) is 0 Å².